The number of anilines is 1. The van der Waals surface area contributed by atoms with Gasteiger partial charge in [-0.2, -0.15) is 10.1 Å². The molecule has 0 saturated carbocycles. The lowest BCUT2D eigenvalue weighted by atomic mass is 10.2. The minimum absolute atomic E-state index is 0.178. The summed E-state index contributed by atoms with van der Waals surface area (Å²) in [4.78, 5) is 16.4. The Kier molecular flexibility index (Phi) is 4.05. The highest BCUT2D eigenvalue weighted by Crippen LogP contribution is 2.27. The fraction of sp³-hybridized carbons (Fsp3) is 0.200. The number of carbonyl (C=O) groups is 1. The number of nitrogens with one attached hydrogen (secondary N) is 3. The average molecular weight is 312 g/mol. The van der Waals surface area contributed by atoms with Crippen LogP contribution in [0.5, 0.6) is 5.75 Å². The van der Waals surface area contributed by atoms with E-state index in [0.717, 1.165) is 17.7 Å². The van der Waals surface area contributed by atoms with Crippen LogP contribution in [0.1, 0.15) is 23.1 Å². The highest BCUT2D eigenvalue weighted by molar-refractivity contribution is 6.01. The molecule has 0 fully saturated rings. The lowest BCUT2D eigenvalue weighted by molar-refractivity contribution is 0.102. The lowest BCUT2D eigenvalue weighted by Gasteiger charge is -2.04. The number of carbonyl (C=O) groups excluding carboxylic acids is 1. The summed E-state index contributed by atoms with van der Waals surface area (Å²) in [5, 5.41) is 16.1. The number of rotatable bonds is 5. The number of methoxy groups -OCH3 is 1. The van der Waals surface area contributed by atoms with Gasteiger partial charge in [-0.1, -0.05) is 19.1 Å². The van der Waals surface area contributed by atoms with Crippen molar-refractivity contribution in [1.82, 2.24) is 25.4 Å². The maximum atomic E-state index is 12.1. The molecule has 8 nitrogen and oxygen atoms in total. The number of benzene rings is 1. The molecule has 0 unspecified atom stereocenters. The maximum absolute atomic E-state index is 12.1. The van der Waals surface area contributed by atoms with Crippen molar-refractivity contribution in [1.29, 1.82) is 0 Å². The van der Waals surface area contributed by atoms with E-state index in [-0.39, 0.29) is 11.9 Å². The summed E-state index contributed by atoms with van der Waals surface area (Å²) in [6.45, 7) is 1.98. The summed E-state index contributed by atoms with van der Waals surface area (Å²) >= 11 is 0. The molecule has 118 valence electrons. The Morgan fingerprint density at radius 1 is 1.26 bits per heavy atom. The second-order valence-corrected chi connectivity index (χ2v) is 4.79. The van der Waals surface area contributed by atoms with E-state index in [1.54, 1.807) is 13.2 Å². The third-order valence-electron chi connectivity index (χ3n) is 3.32. The molecule has 0 radical (unpaired) electrons. The molecular weight excluding hydrogens is 296 g/mol. The van der Waals surface area contributed by atoms with E-state index in [0.29, 0.717) is 17.3 Å². The number of aromatic nitrogens is 5. The number of aromatic amines is 2. The van der Waals surface area contributed by atoms with Gasteiger partial charge < -0.3 is 4.74 Å². The van der Waals surface area contributed by atoms with Crippen molar-refractivity contribution >= 4 is 11.9 Å². The molecule has 0 bridgehead atoms. The van der Waals surface area contributed by atoms with Crippen LogP contribution >= 0.6 is 0 Å². The monoisotopic (exact) mass is 312 g/mol. The number of nitrogens with zero attached hydrogens (tertiary/aromatic N) is 3. The molecule has 8 heteroatoms. The Balaban J connectivity index is 1.78. The second kappa shape index (κ2) is 6.30. The zero-order valence-corrected chi connectivity index (χ0v) is 12.8. The highest BCUT2D eigenvalue weighted by atomic mass is 16.5. The Labute approximate surface area is 132 Å². The number of para-hydroxylation sites is 1. The topological polar surface area (TPSA) is 109 Å². The van der Waals surface area contributed by atoms with E-state index < -0.39 is 0 Å². The first-order valence-electron chi connectivity index (χ1n) is 7.12. The third-order valence-corrected chi connectivity index (χ3v) is 3.32. The largest absolute Gasteiger partial charge is 0.496 e. The first-order valence-corrected chi connectivity index (χ1v) is 7.12. The Bertz CT molecular complexity index is 823. The SMILES string of the molecule is CCc1cc(C(=O)Nc2n[nH]c(-c3ccccc3OC)n2)n[nH]1. The second-order valence-electron chi connectivity index (χ2n) is 4.79. The van der Waals surface area contributed by atoms with Crippen LogP contribution in [-0.4, -0.2) is 38.4 Å². The van der Waals surface area contributed by atoms with Gasteiger partial charge in [0.25, 0.3) is 5.91 Å². The molecule has 0 aliphatic heterocycles. The average Bonchev–Trinajstić information content (AvgIpc) is 3.24. The Hall–Kier alpha value is -3.16. The molecule has 0 spiro atoms. The van der Waals surface area contributed by atoms with Crippen LogP contribution < -0.4 is 10.1 Å². The quantitative estimate of drug-likeness (QED) is 0.668. The van der Waals surface area contributed by atoms with Crippen molar-refractivity contribution < 1.29 is 9.53 Å². The number of aryl methyl sites for hydroxylation is 1. The first-order chi connectivity index (χ1) is 11.2. The normalized spacial score (nSPS) is 10.5. The predicted octanol–water partition coefficient (Wildman–Crippen LogP) is 2.02. The van der Waals surface area contributed by atoms with Gasteiger partial charge in [-0.15, -0.1) is 5.10 Å². The summed E-state index contributed by atoms with van der Waals surface area (Å²) in [6.07, 6.45) is 0.777. The van der Waals surface area contributed by atoms with Crippen molar-refractivity contribution in [2.24, 2.45) is 0 Å². The van der Waals surface area contributed by atoms with Gasteiger partial charge in [0.1, 0.15) is 5.75 Å². The van der Waals surface area contributed by atoms with Crippen LogP contribution in [0, 0.1) is 0 Å². The molecule has 0 aliphatic rings. The molecule has 0 aliphatic carbocycles. The van der Waals surface area contributed by atoms with E-state index in [1.165, 1.54) is 0 Å². The summed E-state index contributed by atoms with van der Waals surface area (Å²) in [6, 6.07) is 9.11. The minimum Gasteiger partial charge on any atom is -0.496 e. The third kappa shape index (κ3) is 3.05. The van der Waals surface area contributed by atoms with Crippen LogP contribution in [0.4, 0.5) is 5.95 Å². The van der Waals surface area contributed by atoms with Gasteiger partial charge in [-0.25, -0.2) is 0 Å². The summed E-state index contributed by atoms with van der Waals surface area (Å²) < 4.78 is 5.29. The number of H-pyrrole nitrogens is 2. The summed E-state index contributed by atoms with van der Waals surface area (Å²) in [7, 11) is 1.58. The number of amides is 1. The number of ether oxygens (including phenoxy) is 1. The molecule has 3 N–H and O–H groups in total. The fourth-order valence-corrected chi connectivity index (χ4v) is 2.10. The smallest absolute Gasteiger partial charge is 0.278 e. The van der Waals surface area contributed by atoms with Gasteiger partial charge in [0.15, 0.2) is 11.5 Å². The van der Waals surface area contributed by atoms with E-state index in [9.17, 15) is 4.79 Å². The van der Waals surface area contributed by atoms with E-state index in [4.69, 9.17) is 4.74 Å². The Morgan fingerprint density at radius 2 is 2.09 bits per heavy atom. The molecule has 2 heterocycles. The van der Waals surface area contributed by atoms with Gasteiger partial charge in [-0.05, 0) is 24.6 Å². The highest BCUT2D eigenvalue weighted by Gasteiger charge is 2.15. The standard InChI is InChI=1S/C15H16N6O2/c1-3-9-8-11(19-18-9)14(22)17-15-16-13(20-21-15)10-6-4-5-7-12(10)23-2/h4-8H,3H2,1-2H3,(H,18,19)(H2,16,17,20,21,22). The van der Waals surface area contributed by atoms with E-state index in [1.807, 2.05) is 31.2 Å². The molecule has 23 heavy (non-hydrogen) atoms. The summed E-state index contributed by atoms with van der Waals surface area (Å²) in [5.74, 6) is 0.985. The van der Waals surface area contributed by atoms with Crippen LogP contribution in [0.25, 0.3) is 11.4 Å². The zero-order valence-electron chi connectivity index (χ0n) is 12.8. The van der Waals surface area contributed by atoms with Crippen molar-refractivity contribution in [3.05, 3.63) is 41.7 Å². The predicted molar refractivity (Wildman–Crippen MR) is 84.3 cm³/mol. The molecule has 0 saturated heterocycles. The van der Waals surface area contributed by atoms with Crippen LogP contribution in [0.15, 0.2) is 30.3 Å². The van der Waals surface area contributed by atoms with Crippen LogP contribution in [0.2, 0.25) is 0 Å². The molecule has 1 aromatic carbocycles. The van der Waals surface area contributed by atoms with Gasteiger partial charge in [-0.3, -0.25) is 20.3 Å². The molecule has 1 amide bonds. The molecular formula is C15H16N6O2. The fourth-order valence-electron chi connectivity index (χ4n) is 2.10. The molecule has 0 atom stereocenters. The Morgan fingerprint density at radius 3 is 2.83 bits per heavy atom. The number of hydrogen-bond donors (Lipinski definition) is 3. The van der Waals surface area contributed by atoms with Crippen molar-refractivity contribution in [2.45, 2.75) is 13.3 Å². The van der Waals surface area contributed by atoms with Gasteiger partial charge in [0.05, 0.1) is 12.7 Å². The number of hydrogen-bond acceptors (Lipinski definition) is 5. The maximum Gasteiger partial charge on any atom is 0.278 e. The van der Waals surface area contributed by atoms with Gasteiger partial charge in [0, 0.05) is 5.69 Å². The van der Waals surface area contributed by atoms with Crippen LogP contribution in [-0.2, 0) is 6.42 Å². The summed E-state index contributed by atoms with van der Waals surface area (Å²) in [5.41, 5.74) is 1.95. The van der Waals surface area contributed by atoms with E-state index in [2.05, 4.69) is 30.7 Å². The molecule has 2 aromatic heterocycles. The molecule has 3 aromatic rings. The van der Waals surface area contributed by atoms with Crippen molar-refractivity contribution in [3.8, 4) is 17.1 Å². The zero-order chi connectivity index (χ0) is 16.2. The minimum atomic E-state index is -0.369. The van der Waals surface area contributed by atoms with Gasteiger partial charge >= 0.3 is 0 Å². The molecule has 3 rings (SSSR count). The van der Waals surface area contributed by atoms with Crippen molar-refractivity contribution in [2.75, 3.05) is 12.4 Å². The van der Waals surface area contributed by atoms with E-state index >= 15 is 0 Å². The first kappa shape index (κ1) is 14.8. The van der Waals surface area contributed by atoms with Crippen molar-refractivity contribution in [3.63, 3.8) is 0 Å². The lowest BCUT2D eigenvalue weighted by Crippen LogP contribution is -2.13. The van der Waals surface area contributed by atoms with Gasteiger partial charge in [0.2, 0.25) is 5.95 Å². The van der Waals surface area contributed by atoms with Crippen LogP contribution in [0.3, 0.4) is 0 Å².